The number of benzene rings is 2. The van der Waals surface area contributed by atoms with Gasteiger partial charge in [-0.05, 0) is 43.7 Å². The number of hydrazone groups is 1. The summed E-state index contributed by atoms with van der Waals surface area (Å²) in [5.41, 5.74) is 5.34. The molecule has 2 aromatic rings. The largest absolute Gasteiger partial charge is 0.329 e. The SMILES string of the molecule is C/C(=N/NC(=O)C(=O)Nc1ccc(C)cc1)c1ccc(Br)cc1. The molecule has 2 rings (SSSR count). The van der Waals surface area contributed by atoms with E-state index in [1.807, 2.05) is 43.3 Å². The quantitative estimate of drug-likeness (QED) is 0.492. The van der Waals surface area contributed by atoms with Gasteiger partial charge in [-0.2, -0.15) is 5.10 Å². The normalized spacial score (nSPS) is 11.0. The fourth-order valence-corrected chi connectivity index (χ4v) is 2.03. The van der Waals surface area contributed by atoms with Gasteiger partial charge in [-0.25, -0.2) is 5.43 Å². The van der Waals surface area contributed by atoms with Crippen molar-refractivity contribution in [2.24, 2.45) is 5.10 Å². The Kier molecular flexibility index (Phi) is 5.65. The van der Waals surface area contributed by atoms with E-state index >= 15 is 0 Å². The zero-order valence-corrected chi connectivity index (χ0v) is 14.3. The van der Waals surface area contributed by atoms with Crippen LogP contribution < -0.4 is 10.7 Å². The van der Waals surface area contributed by atoms with Crippen molar-refractivity contribution < 1.29 is 9.59 Å². The van der Waals surface area contributed by atoms with Gasteiger partial charge in [0.2, 0.25) is 0 Å². The highest BCUT2D eigenvalue weighted by Gasteiger charge is 2.13. The van der Waals surface area contributed by atoms with Crippen LogP contribution in [0.1, 0.15) is 18.1 Å². The van der Waals surface area contributed by atoms with Gasteiger partial charge < -0.3 is 5.32 Å². The highest BCUT2D eigenvalue weighted by atomic mass is 79.9. The van der Waals surface area contributed by atoms with Gasteiger partial charge >= 0.3 is 11.8 Å². The summed E-state index contributed by atoms with van der Waals surface area (Å²) in [5, 5.41) is 6.46. The summed E-state index contributed by atoms with van der Waals surface area (Å²) in [6.45, 7) is 3.69. The van der Waals surface area contributed by atoms with Gasteiger partial charge in [0.25, 0.3) is 0 Å². The minimum atomic E-state index is -0.818. The van der Waals surface area contributed by atoms with Gasteiger partial charge in [0.1, 0.15) is 0 Å². The zero-order chi connectivity index (χ0) is 16.8. The summed E-state index contributed by atoms with van der Waals surface area (Å²) >= 11 is 3.35. The van der Waals surface area contributed by atoms with Crippen LogP contribution in [0.3, 0.4) is 0 Å². The molecule has 0 aliphatic carbocycles. The second kappa shape index (κ2) is 7.69. The number of amides is 2. The van der Waals surface area contributed by atoms with E-state index in [9.17, 15) is 9.59 Å². The van der Waals surface area contributed by atoms with Crippen LogP contribution in [0.4, 0.5) is 5.69 Å². The number of nitrogens with zero attached hydrogens (tertiary/aromatic N) is 1. The Morgan fingerprint density at radius 2 is 1.57 bits per heavy atom. The van der Waals surface area contributed by atoms with E-state index in [-0.39, 0.29) is 0 Å². The average Bonchev–Trinajstić information content (AvgIpc) is 2.55. The predicted octanol–water partition coefficient (Wildman–Crippen LogP) is 3.24. The molecule has 0 bridgehead atoms. The fraction of sp³-hybridized carbons (Fsp3) is 0.118. The molecule has 2 N–H and O–H groups in total. The molecule has 0 aliphatic heterocycles. The van der Waals surface area contributed by atoms with Crippen molar-refractivity contribution in [1.29, 1.82) is 0 Å². The number of carbonyl (C=O) groups is 2. The van der Waals surface area contributed by atoms with Crippen molar-refractivity contribution in [3.05, 3.63) is 64.1 Å². The van der Waals surface area contributed by atoms with E-state index in [1.165, 1.54) is 0 Å². The number of nitrogens with one attached hydrogen (secondary N) is 2. The second-order valence-electron chi connectivity index (χ2n) is 4.97. The highest BCUT2D eigenvalue weighted by Crippen LogP contribution is 2.11. The van der Waals surface area contributed by atoms with Crippen LogP contribution in [0.5, 0.6) is 0 Å². The number of aryl methyl sites for hydroxylation is 1. The van der Waals surface area contributed by atoms with Gasteiger partial charge in [0.15, 0.2) is 0 Å². The Hall–Kier alpha value is -2.47. The molecule has 2 aromatic carbocycles. The lowest BCUT2D eigenvalue weighted by atomic mass is 10.1. The lowest BCUT2D eigenvalue weighted by Crippen LogP contribution is -2.32. The minimum absolute atomic E-state index is 0.560. The third-order valence-electron chi connectivity index (χ3n) is 3.10. The molecular formula is C17H16BrN3O2. The van der Waals surface area contributed by atoms with E-state index in [0.29, 0.717) is 11.4 Å². The molecule has 0 radical (unpaired) electrons. The molecule has 23 heavy (non-hydrogen) atoms. The van der Waals surface area contributed by atoms with Crippen molar-refractivity contribution in [2.45, 2.75) is 13.8 Å². The molecule has 0 atom stereocenters. The Bertz CT molecular complexity index is 737. The van der Waals surface area contributed by atoms with Gasteiger partial charge in [0, 0.05) is 10.2 Å². The molecule has 0 saturated carbocycles. The fourth-order valence-electron chi connectivity index (χ4n) is 1.77. The van der Waals surface area contributed by atoms with E-state index in [1.54, 1.807) is 19.1 Å². The first-order valence-electron chi connectivity index (χ1n) is 6.94. The van der Waals surface area contributed by atoms with Gasteiger partial charge in [0.05, 0.1) is 5.71 Å². The zero-order valence-electron chi connectivity index (χ0n) is 12.8. The summed E-state index contributed by atoms with van der Waals surface area (Å²) in [4.78, 5) is 23.6. The minimum Gasteiger partial charge on any atom is -0.318 e. The standard InChI is InChI=1S/C17H16BrN3O2/c1-11-3-9-15(10-4-11)19-16(22)17(23)21-20-12(2)13-5-7-14(18)8-6-13/h3-10H,1-2H3,(H,19,22)(H,21,23)/b20-12-. The van der Waals surface area contributed by atoms with E-state index in [4.69, 9.17) is 0 Å². The summed E-state index contributed by atoms with van der Waals surface area (Å²) in [5.74, 6) is -1.58. The van der Waals surface area contributed by atoms with E-state index in [2.05, 4.69) is 31.8 Å². The van der Waals surface area contributed by atoms with Gasteiger partial charge in [-0.1, -0.05) is 45.8 Å². The summed E-state index contributed by atoms with van der Waals surface area (Å²) in [6.07, 6.45) is 0. The van der Waals surface area contributed by atoms with Crippen LogP contribution in [-0.4, -0.2) is 17.5 Å². The first-order chi connectivity index (χ1) is 11.0. The maximum absolute atomic E-state index is 11.8. The third-order valence-corrected chi connectivity index (χ3v) is 3.63. The molecule has 6 heteroatoms. The molecule has 0 aromatic heterocycles. The first kappa shape index (κ1) is 16.9. The Balaban J connectivity index is 1.95. The molecule has 5 nitrogen and oxygen atoms in total. The van der Waals surface area contributed by atoms with Crippen molar-refractivity contribution in [3.8, 4) is 0 Å². The molecule has 0 unspecified atom stereocenters. The maximum Gasteiger partial charge on any atom is 0.329 e. The second-order valence-corrected chi connectivity index (χ2v) is 5.88. The smallest absolute Gasteiger partial charge is 0.318 e. The van der Waals surface area contributed by atoms with Crippen LogP contribution in [0.25, 0.3) is 0 Å². The first-order valence-corrected chi connectivity index (χ1v) is 7.73. The number of hydrogen-bond donors (Lipinski definition) is 2. The van der Waals surface area contributed by atoms with Crippen LogP contribution in [0.15, 0.2) is 58.1 Å². The summed E-state index contributed by atoms with van der Waals surface area (Å²) < 4.78 is 0.954. The lowest BCUT2D eigenvalue weighted by molar-refractivity contribution is -0.136. The Morgan fingerprint density at radius 3 is 2.17 bits per heavy atom. The molecule has 0 aliphatic rings. The predicted molar refractivity (Wildman–Crippen MR) is 94.3 cm³/mol. The number of rotatable bonds is 3. The Morgan fingerprint density at radius 1 is 0.957 bits per heavy atom. The van der Waals surface area contributed by atoms with Crippen LogP contribution in [-0.2, 0) is 9.59 Å². The van der Waals surface area contributed by atoms with Crippen LogP contribution >= 0.6 is 15.9 Å². The van der Waals surface area contributed by atoms with Crippen LogP contribution in [0.2, 0.25) is 0 Å². The highest BCUT2D eigenvalue weighted by molar-refractivity contribution is 9.10. The number of anilines is 1. The molecule has 0 fully saturated rings. The number of halogens is 1. The van der Waals surface area contributed by atoms with Crippen molar-refractivity contribution in [1.82, 2.24) is 5.43 Å². The lowest BCUT2D eigenvalue weighted by Gasteiger charge is -2.05. The van der Waals surface area contributed by atoms with Gasteiger partial charge in [-0.3, -0.25) is 9.59 Å². The Labute approximate surface area is 142 Å². The summed E-state index contributed by atoms with van der Waals surface area (Å²) in [6, 6.07) is 14.6. The van der Waals surface area contributed by atoms with Crippen molar-refractivity contribution in [2.75, 3.05) is 5.32 Å². The molecule has 0 spiro atoms. The van der Waals surface area contributed by atoms with Crippen LogP contribution in [0, 0.1) is 6.92 Å². The van der Waals surface area contributed by atoms with E-state index < -0.39 is 11.8 Å². The number of hydrogen-bond acceptors (Lipinski definition) is 3. The monoisotopic (exact) mass is 373 g/mol. The molecule has 0 saturated heterocycles. The molecular weight excluding hydrogens is 358 g/mol. The van der Waals surface area contributed by atoms with E-state index in [0.717, 1.165) is 15.6 Å². The van der Waals surface area contributed by atoms with Crippen molar-refractivity contribution >= 4 is 39.1 Å². The number of carbonyl (C=O) groups excluding carboxylic acids is 2. The molecule has 2 amide bonds. The summed E-state index contributed by atoms with van der Waals surface area (Å²) in [7, 11) is 0. The molecule has 118 valence electrons. The topological polar surface area (TPSA) is 70.6 Å². The average molecular weight is 374 g/mol. The maximum atomic E-state index is 11.8. The van der Waals surface area contributed by atoms with Crippen molar-refractivity contribution in [3.63, 3.8) is 0 Å². The molecule has 0 heterocycles. The third kappa shape index (κ3) is 5.03. The van der Waals surface area contributed by atoms with Gasteiger partial charge in [-0.15, -0.1) is 0 Å².